The van der Waals surface area contributed by atoms with Crippen LogP contribution in [0.5, 0.6) is 0 Å². The average Bonchev–Trinajstić information content (AvgIpc) is 2.99. The Bertz CT molecular complexity index is 525. The zero-order chi connectivity index (χ0) is 15.9. The molecular weight excluding hydrogens is 282 g/mol. The molecule has 4 N–H and O–H groups in total. The quantitative estimate of drug-likeness (QED) is 0.735. The molecule has 2 rings (SSSR count). The lowest BCUT2D eigenvalue weighted by Gasteiger charge is -2.12. The lowest BCUT2D eigenvalue weighted by Crippen LogP contribution is -2.29. The zero-order valence-corrected chi connectivity index (χ0v) is 12.8. The van der Waals surface area contributed by atoms with Gasteiger partial charge in [-0.05, 0) is 37.5 Å². The van der Waals surface area contributed by atoms with E-state index in [4.69, 9.17) is 10.5 Å². The number of benzene rings is 1. The maximum absolute atomic E-state index is 12.0. The van der Waals surface area contributed by atoms with Gasteiger partial charge in [0.15, 0.2) is 0 Å². The fourth-order valence-corrected chi connectivity index (χ4v) is 2.33. The second kappa shape index (κ2) is 7.91. The molecular formula is C16H23N3O3. The van der Waals surface area contributed by atoms with Crippen molar-refractivity contribution in [3.8, 4) is 0 Å². The van der Waals surface area contributed by atoms with Crippen LogP contribution in [0.25, 0.3) is 0 Å². The van der Waals surface area contributed by atoms with Crippen molar-refractivity contribution < 1.29 is 14.3 Å². The summed E-state index contributed by atoms with van der Waals surface area (Å²) >= 11 is 0. The minimum Gasteiger partial charge on any atom is -0.368 e. The lowest BCUT2D eigenvalue weighted by molar-refractivity contribution is -0.124. The Morgan fingerprint density at radius 1 is 1.45 bits per heavy atom. The van der Waals surface area contributed by atoms with Gasteiger partial charge in [0, 0.05) is 31.3 Å². The molecule has 0 aliphatic carbocycles. The predicted molar refractivity (Wildman–Crippen MR) is 84.2 cm³/mol. The molecule has 1 saturated heterocycles. The number of nitrogens with one attached hydrogen (secondary N) is 2. The van der Waals surface area contributed by atoms with Gasteiger partial charge in [-0.2, -0.15) is 0 Å². The Morgan fingerprint density at radius 2 is 2.27 bits per heavy atom. The van der Waals surface area contributed by atoms with Crippen molar-refractivity contribution in [2.24, 2.45) is 5.73 Å². The number of amides is 2. The second-order valence-electron chi connectivity index (χ2n) is 5.65. The van der Waals surface area contributed by atoms with Gasteiger partial charge < -0.3 is 21.1 Å². The van der Waals surface area contributed by atoms with Gasteiger partial charge >= 0.3 is 0 Å². The molecule has 0 saturated carbocycles. The van der Waals surface area contributed by atoms with Gasteiger partial charge in [0.2, 0.25) is 5.91 Å². The Balaban J connectivity index is 1.86. The first-order valence-corrected chi connectivity index (χ1v) is 7.58. The standard InChI is InChI=1S/C16H23N3O3/c1-11(17)8-15(20)18-10-12-4-2-5-13(9-12)19-16(21)14-6-3-7-22-14/h2,4-5,9,11,14H,3,6-8,10,17H2,1H3,(H,18,20)(H,19,21). The number of anilines is 1. The average molecular weight is 305 g/mol. The number of hydrogen-bond acceptors (Lipinski definition) is 4. The van der Waals surface area contributed by atoms with Crippen LogP contribution in [-0.2, 0) is 20.9 Å². The van der Waals surface area contributed by atoms with E-state index in [-0.39, 0.29) is 24.0 Å². The molecule has 0 radical (unpaired) electrons. The van der Waals surface area contributed by atoms with Crippen LogP contribution in [0.4, 0.5) is 5.69 Å². The van der Waals surface area contributed by atoms with E-state index >= 15 is 0 Å². The van der Waals surface area contributed by atoms with Crippen LogP contribution in [-0.4, -0.2) is 30.6 Å². The van der Waals surface area contributed by atoms with Crippen molar-refractivity contribution in [3.05, 3.63) is 29.8 Å². The van der Waals surface area contributed by atoms with Crippen LogP contribution < -0.4 is 16.4 Å². The van der Waals surface area contributed by atoms with Crippen molar-refractivity contribution >= 4 is 17.5 Å². The highest BCUT2D eigenvalue weighted by atomic mass is 16.5. The molecule has 6 nitrogen and oxygen atoms in total. The largest absolute Gasteiger partial charge is 0.368 e. The maximum Gasteiger partial charge on any atom is 0.253 e. The molecule has 22 heavy (non-hydrogen) atoms. The fourth-order valence-electron chi connectivity index (χ4n) is 2.33. The zero-order valence-electron chi connectivity index (χ0n) is 12.8. The highest BCUT2D eigenvalue weighted by Crippen LogP contribution is 2.16. The summed E-state index contributed by atoms with van der Waals surface area (Å²) in [5.41, 5.74) is 7.21. The van der Waals surface area contributed by atoms with E-state index < -0.39 is 0 Å². The van der Waals surface area contributed by atoms with E-state index in [1.54, 1.807) is 6.92 Å². The summed E-state index contributed by atoms with van der Waals surface area (Å²) in [5.74, 6) is -0.195. The van der Waals surface area contributed by atoms with Gasteiger partial charge in [-0.3, -0.25) is 9.59 Å². The molecule has 0 spiro atoms. The fraction of sp³-hybridized carbons (Fsp3) is 0.500. The van der Waals surface area contributed by atoms with Gasteiger partial charge in [-0.25, -0.2) is 0 Å². The van der Waals surface area contributed by atoms with Crippen molar-refractivity contribution in [2.75, 3.05) is 11.9 Å². The Morgan fingerprint density at radius 3 is 2.95 bits per heavy atom. The van der Waals surface area contributed by atoms with Gasteiger partial charge in [-0.15, -0.1) is 0 Å². The Labute approximate surface area is 130 Å². The van der Waals surface area contributed by atoms with E-state index in [9.17, 15) is 9.59 Å². The van der Waals surface area contributed by atoms with Gasteiger partial charge in [0.1, 0.15) is 6.10 Å². The smallest absolute Gasteiger partial charge is 0.253 e. The maximum atomic E-state index is 12.0. The molecule has 2 unspecified atom stereocenters. The van der Waals surface area contributed by atoms with E-state index in [1.807, 2.05) is 24.3 Å². The van der Waals surface area contributed by atoms with Crippen LogP contribution in [0, 0.1) is 0 Å². The summed E-state index contributed by atoms with van der Waals surface area (Å²) in [6.07, 6.45) is 1.63. The summed E-state index contributed by atoms with van der Waals surface area (Å²) < 4.78 is 5.35. The SMILES string of the molecule is CC(N)CC(=O)NCc1cccc(NC(=O)C2CCCO2)c1. The molecule has 120 valence electrons. The Hall–Kier alpha value is -1.92. The number of ether oxygens (including phenoxy) is 1. The minimum absolute atomic E-state index is 0.0798. The molecule has 0 aromatic heterocycles. The third-order valence-electron chi connectivity index (χ3n) is 3.41. The van der Waals surface area contributed by atoms with Gasteiger partial charge in [0.05, 0.1) is 0 Å². The van der Waals surface area contributed by atoms with Crippen molar-refractivity contribution in [1.82, 2.24) is 5.32 Å². The number of hydrogen-bond donors (Lipinski definition) is 3. The molecule has 1 fully saturated rings. The summed E-state index contributed by atoms with van der Waals surface area (Å²) in [4.78, 5) is 23.6. The third-order valence-corrected chi connectivity index (χ3v) is 3.41. The number of nitrogens with two attached hydrogens (primary N) is 1. The van der Waals surface area contributed by atoms with Crippen molar-refractivity contribution in [1.29, 1.82) is 0 Å². The van der Waals surface area contributed by atoms with Crippen LogP contribution in [0.1, 0.15) is 31.7 Å². The van der Waals surface area contributed by atoms with E-state index in [1.165, 1.54) is 0 Å². The van der Waals surface area contributed by atoms with E-state index in [0.29, 0.717) is 25.3 Å². The second-order valence-corrected chi connectivity index (χ2v) is 5.65. The van der Waals surface area contributed by atoms with E-state index in [2.05, 4.69) is 10.6 Å². The van der Waals surface area contributed by atoms with Crippen LogP contribution in [0.3, 0.4) is 0 Å². The molecule has 1 aromatic rings. The van der Waals surface area contributed by atoms with Crippen molar-refractivity contribution in [3.63, 3.8) is 0 Å². The predicted octanol–water partition coefficient (Wildman–Crippen LogP) is 1.16. The normalized spacial score (nSPS) is 18.7. The molecule has 1 aliphatic rings. The molecule has 0 bridgehead atoms. The third kappa shape index (κ3) is 5.13. The first kappa shape index (κ1) is 16.5. The Kier molecular flexibility index (Phi) is 5.91. The topological polar surface area (TPSA) is 93.5 Å². The molecule has 1 aromatic carbocycles. The monoisotopic (exact) mass is 305 g/mol. The van der Waals surface area contributed by atoms with Crippen molar-refractivity contribution in [2.45, 2.75) is 44.9 Å². The summed E-state index contributed by atoms with van der Waals surface area (Å²) in [6, 6.07) is 7.25. The van der Waals surface area contributed by atoms with Crippen LogP contribution in [0.15, 0.2) is 24.3 Å². The first-order chi connectivity index (χ1) is 10.5. The number of carbonyl (C=O) groups is 2. The lowest BCUT2D eigenvalue weighted by atomic mass is 10.1. The highest BCUT2D eigenvalue weighted by molar-refractivity contribution is 5.94. The summed E-state index contributed by atoms with van der Waals surface area (Å²) in [6.45, 7) is 2.85. The van der Waals surface area contributed by atoms with Crippen LogP contribution in [0.2, 0.25) is 0 Å². The number of carbonyl (C=O) groups excluding carboxylic acids is 2. The first-order valence-electron chi connectivity index (χ1n) is 7.58. The number of rotatable bonds is 6. The molecule has 2 atom stereocenters. The summed E-state index contributed by atoms with van der Waals surface area (Å²) in [5, 5.41) is 5.66. The molecule has 1 heterocycles. The van der Waals surface area contributed by atoms with E-state index in [0.717, 1.165) is 18.4 Å². The molecule has 6 heteroatoms. The molecule has 2 amide bonds. The minimum atomic E-state index is -0.352. The highest BCUT2D eigenvalue weighted by Gasteiger charge is 2.23. The van der Waals surface area contributed by atoms with Gasteiger partial charge in [-0.1, -0.05) is 12.1 Å². The molecule has 1 aliphatic heterocycles. The van der Waals surface area contributed by atoms with Gasteiger partial charge in [0.25, 0.3) is 5.91 Å². The van der Waals surface area contributed by atoms with Crippen LogP contribution >= 0.6 is 0 Å². The summed E-state index contributed by atoms with van der Waals surface area (Å²) in [7, 11) is 0.